The smallest absolute Gasteiger partial charge is 0.160 e. The second-order valence-corrected chi connectivity index (χ2v) is 6.78. The molecule has 0 unspecified atom stereocenters. The summed E-state index contributed by atoms with van der Waals surface area (Å²) in [6.07, 6.45) is 12.0. The van der Waals surface area contributed by atoms with E-state index in [1.165, 1.54) is 0 Å². The van der Waals surface area contributed by atoms with Crippen molar-refractivity contribution in [2.45, 2.75) is 85.2 Å². The van der Waals surface area contributed by atoms with Gasteiger partial charge in [-0.3, -0.25) is 0 Å². The second kappa shape index (κ2) is 11.1. The van der Waals surface area contributed by atoms with E-state index in [1.807, 2.05) is 0 Å². The largest absolute Gasteiger partial charge is 0.366 e. The first-order chi connectivity index (χ1) is 9.10. The number of nitrogens with two attached hydrogens (primary N) is 1. The zero-order chi connectivity index (χ0) is 16.3. The molecule has 0 bridgehead atoms. The molecule has 0 radical (unpaired) electrons. The molecule has 0 fully saturated rings. The number of aliphatic hydroxyl groups is 1. The minimum Gasteiger partial charge on any atom is -0.366 e. The summed E-state index contributed by atoms with van der Waals surface area (Å²) >= 11 is 0. The van der Waals surface area contributed by atoms with Crippen molar-refractivity contribution in [3.63, 3.8) is 0 Å². The summed E-state index contributed by atoms with van der Waals surface area (Å²) in [7, 11) is 0. The first-order valence-corrected chi connectivity index (χ1v) is 7.59. The quantitative estimate of drug-likeness (QED) is 0.503. The normalized spacial score (nSPS) is 14.8. The fourth-order valence-corrected chi connectivity index (χ4v) is 2.19. The zero-order valence-electron chi connectivity index (χ0n) is 14.2. The van der Waals surface area contributed by atoms with Crippen molar-refractivity contribution in [2.24, 2.45) is 17.6 Å². The van der Waals surface area contributed by atoms with Gasteiger partial charge in [0.2, 0.25) is 0 Å². The minimum atomic E-state index is -1.07. The van der Waals surface area contributed by atoms with Crippen LogP contribution in [-0.2, 0) is 4.74 Å². The molecule has 0 saturated carbocycles. The molecule has 0 aromatic rings. The van der Waals surface area contributed by atoms with E-state index in [2.05, 4.69) is 40.5 Å². The van der Waals surface area contributed by atoms with Crippen LogP contribution in [0, 0.1) is 24.7 Å². The highest BCUT2D eigenvalue weighted by Gasteiger charge is 2.23. The first-order valence-electron chi connectivity index (χ1n) is 7.59. The van der Waals surface area contributed by atoms with Crippen molar-refractivity contribution in [1.82, 2.24) is 0 Å². The highest BCUT2D eigenvalue weighted by atomic mass is 16.6. The maximum Gasteiger partial charge on any atom is 0.160 e. The van der Waals surface area contributed by atoms with Crippen LogP contribution < -0.4 is 5.73 Å². The summed E-state index contributed by atoms with van der Waals surface area (Å²) in [4.78, 5) is 0. The van der Waals surface area contributed by atoms with E-state index < -0.39 is 5.79 Å². The Hall–Kier alpha value is -0.560. The monoisotopic (exact) mass is 285 g/mol. The average molecular weight is 285 g/mol. The van der Waals surface area contributed by atoms with E-state index in [0.29, 0.717) is 11.8 Å². The molecule has 2 atom stereocenters. The average Bonchev–Trinajstić information content (AvgIpc) is 2.25. The molecule has 0 amide bonds. The Balaban J connectivity index is 0. The van der Waals surface area contributed by atoms with Crippen LogP contribution >= 0.6 is 0 Å². The van der Waals surface area contributed by atoms with Gasteiger partial charge < -0.3 is 15.6 Å². The van der Waals surface area contributed by atoms with Gasteiger partial charge in [-0.1, -0.05) is 27.7 Å². The van der Waals surface area contributed by atoms with Crippen molar-refractivity contribution in [3.8, 4) is 12.8 Å². The highest BCUT2D eigenvalue weighted by Crippen LogP contribution is 2.20. The van der Waals surface area contributed by atoms with Gasteiger partial charge in [0.25, 0.3) is 0 Å². The molecule has 3 N–H and O–H groups in total. The lowest BCUT2D eigenvalue weighted by molar-refractivity contribution is -0.209. The van der Waals surface area contributed by atoms with Gasteiger partial charge in [0.05, 0.1) is 6.10 Å². The Morgan fingerprint density at radius 1 is 1.00 bits per heavy atom. The van der Waals surface area contributed by atoms with Crippen molar-refractivity contribution >= 4 is 0 Å². The summed E-state index contributed by atoms with van der Waals surface area (Å²) in [6, 6.07) is 0.157. The van der Waals surface area contributed by atoms with Crippen LogP contribution in [0.25, 0.3) is 0 Å². The van der Waals surface area contributed by atoms with Crippen molar-refractivity contribution in [2.75, 3.05) is 0 Å². The van der Waals surface area contributed by atoms with Gasteiger partial charge in [-0.2, -0.15) is 0 Å². The Bertz CT molecular complexity index is 241. The summed E-state index contributed by atoms with van der Waals surface area (Å²) < 4.78 is 5.72. The van der Waals surface area contributed by atoms with Crippen LogP contribution in [0.3, 0.4) is 0 Å². The SMILES string of the molecule is C#C.CC(C)CC[C@H](C[C@H](N)CC(C)C)OC(C)(C)O. The van der Waals surface area contributed by atoms with Gasteiger partial charge in [-0.05, 0) is 51.4 Å². The predicted molar refractivity (Wildman–Crippen MR) is 87.2 cm³/mol. The molecule has 0 spiro atoms. The fraction of sp³-hybridized carbons (Fsp3) is 0.882. The van der Waals surface area contributed by atoms with Crippen molar-refractivity contribution in [3.05, 3.63) is 0 Å². The van der Waals surface area contributed by atoms with Gasteiger partial charge in [-0.15, -0.1) is 12.8 Å². The fourth-order valence-electron chi connectivity index (χ4n) is 2.19. The summed E-state index contributed by atoms with van der Waals surface area (Å²) in [6.45, 7) is 12.1. The lowest BCUT2D eigenvalue weighted by Gasteiger charge is -2.29. The topological polar surface area (TPSA) is 55.5 Å². The minimum absolute atomic E-state index is 0.0566. The maximum atomic E-state index is 9.79. The number of hydrogen-bond donors (Lipinski definition) is 2. The Morgan fingerprint density at radius 3 is 1.85 bits per heavy atom. The standard InChI is InChI=1S/C15H33NO2.C2H2/c1-11(2)7-8-14(18-15(5,6)17)10-13(16)9-12(3)4;1-2/h11-14,17H,7-10,16H2,1-6H3;1-2H/t13-,14-;/m1./s1. The molecule has 0 aliphatic rings. The number of hydrogen-bond acceptors (Lipinski definition) is 3. The summed E-state index contributed by atoms with van der Waals surface area (Å²) in [5, 5.41) is 9.79. The Morgan fingerprint density at radius 2 is 1.50 bits per heavy atom. The van der Waals surface area contributed by atoms with E-state index >= 15 is 0 Å². The number of terminal acetylenes is 1. The van der Waals surface area contributed by atoms with Gasteiger partial charge >= 0.3 is 0 Å². The molecule has 0 aromatic heterocycles. The lowest BCUT2D eigenvalue weighted by atomic mass is 9.95. The molecule has 0 rings (SSSR count). The van der Waals surface area contributed by atoms with E-state index in [1.54, 1.807) is 13.8 Å². The van der Waals surface area contributed by atoms with E-state index in [9.17, 15) is 5.11 Å². The van der Waals surface area contributed by atoms with Gasteiger partial charge in [0, 0.05) is 6.04 Å². The third-order valence-corrected chi connectivity index (χ3v) is 2.86. The summed E-state index contributed by atoms with van der Waals surface area (Å²) in [5.41, 5.74) is 6.14. The van der Waals surface area contributed by atoms with Crippen LogP contribution in [-0.4, -0.2) is 23.0 Å². The van der Waals surface area contributed by atoms with Gasteiger partial charge in [0.15, 0.2) is 5.79 Å². The zero-order valence-corrected chi connectivity index (χ0v) is 14.2. The number of rotatable bonds is 9. The molecule has 3 nitrogen and oxygen atoms in total. The third-order valence-electron chi connectivity index (χ3n) is 2.86. The second-order valence-electron chi connectivity index (χ2n) is 6.78. The van der Waals surface area contributed by atoms with E-state index in [-0.39, 0.29) is 12.1 Å². The molecule has 20 heavy (non-hydrogen) atoms. The van der Waals surface area contributed by atoms with Crippen LogP contribution in [0.15, 0.2) is 0 Å². The van der Waals surface area contributed by atoms with Crippen LogP contribution in [0.1, 0.15) is 67.2 Å². The highest BCUT2D eigenvalue weighted by molar-refractivity contribution is 4.72. The maximum absolute atomic E-state index is 9.79. The molecule has 0 saturated heterocycles. The van der Waals surface area contributed by atoms with Gasteiger partial charge in [-0.25, -0.2) is 0 Å². The van der Waals surface area contributed by atoms with Crippen LogP contribution in [0.5, 0.6) is 0 Å². The van der Waals surface area contributed by atoms with Crippen LogP contribution in [0.2, 0.25) is 0 Å². The molecule has 120 valence electrons. The molecular weight excluding hydrogens is 250 g/mol. The third kappa shape index (κ3) is 15.5. The molecule has 3 heteroatoms. The molecule has 0 heterocycles. The van der Waals surface area contributed by atoms with Crippen molar-refractivity contribution < 1.29 is 9.84 Å². The number of ether oxygens (including phenoxy) is 1. The van der Waals surface area contributed by atoms with Crippen LogP contribution in [0.4, 0.5) is 0 Å². The lowest BCUT2D eigenvalue weighted by Crippen LogP contribution is -2.35. The molecule has 0 aliphatic heterocycles. The first kappa shape index (κ1) is 21.7. The van der Waals surface area contributed by atoms with E-state index in [0.717, 1.165) is 25.7 Å². The molecule has 0 aromatic carbocycles. The Kier molecular flexibility index (Phi) is 12.1. The Labute approximate surface area is 126 Å². The summed E-state index contributed by atoms with van der Waals surface area (Å²) in [5.74, 6) is 0.186. The van der Waals surface area contributed by atoms with Crippen molar-refractivity contribution in [1.29, 1.82) is 0 Å². The van der Waals surface area contributed by atoms with E-state index in [4.69, 9.17) is 10.5 Å². The molecule has 0 aliphatic carbocycles. The molecular formula is C17H35NO2. The van der Waals surface area contributed by atoms with Gasteiger partial charge in [0.1, 0.15) is 0 Å². The predicted octanol–water partition coefficient (Wildman–Crippen LogP) is 3.55.